The van der Waals surface area contributed by atoms with Crippen LogP contribution < -0.4 is 11.2 Å². The standard InChI is InChI=1S/C26H29ClN6O3/c1-14(2)11-32-24-22(25(35)31(5)26(32)36)23(21-8-16(15(3)34)12-30(21)4)33(29-24)13-17-10-28-20-7-6-18(27)9-19(17)20/h6-10,12,14-15,28,34H,11,13H2,1-5H3. The first kappa shape index (κ1) is 24.1. The molecular formula is C26H29ClN6O3. The molecule has 4 aromatic heterocycles. The van der Waals surface area contributed by atoms with Crippen molar-refractivity contribution in [3.8, 4) is 11.4 Å². The van der Waals surface area contributed by atoms with Gasteiger partial charge in [-0.15, -0.1) is 0 Å². The van der Waals surface area contributed by atoms with Crippen LogP contribution in [-0.4, -0.2) is 33.6 Å². The average Bonchev–Trinajstić information content (AvgIpc) is 3.50. The monoisotopic (exact) mass is 508 g/mol. The van der Waals surface area contributed by atoms with E-state index in [9.17, 15) is 14.7 Å². The summed E-state index contributed by atoms with van der Waals surface area (Å²) in [6.45, 7) is 6.50. The molecule has 1 aromatic carbocycles. The van der Waals surface area contributed by atoms with Crippen LogP contribution in [0, 0.1) is 5.92 Å². The van der Waals surface area contributed by atoms with Crippen molar-refractivity contribution < 1.29 is 5.11 Å². The van der Waals surface area contributed by atoms with Crippen LogP contribution in [-0.2, 0) is 27.2 Å². The van der Waals surface area contributed by atoms with Gasteiger partial charge in [-0.1, -0.05) is 25.4 Å². The molecule has 0 saturated heterocycles. The number of aromatic nitrogens is 6. The largest absolute Gasteiger partial charge is 0.389 e. The molecule has 0 aliphatic rings. The van der Waals surface area contributed by atoms with E-state index in [2.05, 4.69) is 4.98 Å². The summed E-state index contributed by atoms with van der Waals surface area (Å²) in [7, 11) is 3.36. The Morgan fingerprint density at radius 1 is 1.14 bits per heavy atom. The summed E-state index contributed by atoms with van der Waals surface area (Å²) < 4.78 is 6.36. The fourth-order valence-corrected chi connectivity index (χ4v) is 4.93. The van der Waals surface area contributed by atoms with E-state index in [0.717, 1.165) is 32.3 Å². The van der Waals surface area contributed by atoms with Gasteiger partial charge in [-0.25, -0.2) is 4.79 Å². The Labute approximate surface area is 212 Å². The number of aromatic amines is 1. The van der Waals surface area contributed by atoms with Crippen molar-refractivity contribution in [2.45, 2.75) is 40.0 Å². The predicted molar refractivity (Wildman–Crippen MR) is 142 cm³/mol. The van der Waals surface area contributed by atoms with Crippen molar-refractivity contribution >= 4 is 33.5 Å². The maximum atomic E-state index is 13.5. The zero-order valence-electron chi connectivity index (χ0n) is 20.9. The summed E-state index contributed by atoms with van der Waals surface area (Å²) in [5, 5.41) is 17.0. The molecule has 0 aliphatic heterocycles. The van der Waals surface area contributed by atoms with E-state index in [-0.39, 0.29) is 5.92 Å². The Morgan fingerprint density at radius 3 is 2.56 bits per heavy atom. The van der Waals surface area contributed by atoms with Crippen LogP contribution in [0.15, 0.2) is 46.2 Å². The molecule has 188 valence electrons. The van der Waals surface area contributed by atoms with E-state index in [1.807, 2.05) is 62.1 Å². The lowest BCUT2D eigenvalue weighted by Gasteiger charge is -2.11. The molecule has 10 heteroatoms. The lowest BCUT2D eigenvalue weighted by Crippen LogP contribution is -2.38. The number of aliphatic hydroxyl groups is 1. The molecule has 0 fully saturated rings. The average molecular weight is 509 g/mol. The number of fused-ring (bicyclic) bond motifs is 2. The molecular weight excluding hydrogens is 480 g/mol. The van der Waals surface area contributed by atoms with Crippen molar-refractivity contribution in [1.29, 1.82) is 0 Å². The number of benzene rings is 1. The lowest BCUT2D eigenvalue weighted by atomic mass is 10.1. The molecule has 4 heterocycles. The number of nitrogens with zero attached hydrogens (tertiary/aromatic N) is 5. The molecule has 2 N–H and O–H groups in total. The summed E-state index contributed by atoms with van der Waals surface area (Å²) in [5.41, 5.74) is 3.47. The first-order valence-corrected chi connectivity index (χ1v) is 12.2. The minimum Gasteiger partial charge on any atom is -0.389 e. The van der Waals surface area contributed by atoms with E-state index in [1.54, 1.807) is 16.2 Å². The van der Waals surface area contributed by atoms with Gasteiger partial charge in [-0.2, -0.15) is 5.10 Å². The molecule has 1 unspecified atom stereocenters. The molecule has 0 aliphatic carbocycles. The van der Waals surface area contributed by atoms with E-state index in [0.29, 0.717) is 34.8 Å². The second-order valence-electron chi connectivity index (χ2n) is 9.81. The van der Waals surface area contributed by atoms with Crippen molar-refractivity contribution in [2.24, 2.45) is 20.0 Å². The third-order valence-electron chi connectivity index (χ3n) is 6.57. The summed E-state index contributed by atoms with van der Waals surface area (Å²) in [6.07, 6.45) is 3.07. The maximum Gasteiger partial charge on any atom is 0.332 e. The lowest BCUT2D eigenvalue weighted by molar-refractivity contribution is 0.199. The Morgan fingerprint density at radius 2 is 1.89 bits per heavy atom. The smallest absolute Gasteiger partial charge is 0.332 e. The Bertz CT molecular complexity index is 1730. The first-order valence-electron chi connectivity index (χ1n) is 11.9. The molecule has 9 nitrogen and oxygen atoms in total. The molecule has 36 heavy (non-hydrogen) atoms. The van der Waals surface area contributed by atoms with E-state index in [4.69, 9.17) is 16.7 Å². The number of rotatable bonds is 6. The summed E-state index contributed by atoms with van der Waals surface area (Å²) in [4.78, 5) is 29.9. The number of hydrogen-bond acceptors (Lipinski definition) is 4. The summed E-state index contributed by atoms with van der Waals surface area (Å²) >= 11 is 6.27. The predicted octanol–water partition coefficient (Wildman–Crippen LogP) is 3.79. The van der Waals surface area contributed by atoms with Gasteiger partial charge in [0.05, 0.1) is 18.3 Å². The van der Waals surface area contributed by atoms with Crippen molar-refractivity contribution in [3.63, 3.8) is 0 Å². The van der Waals surface area contributed by atoms with Gasteiger partial charge in [0.2, 0.25) is 0 Å². The highest BCUT2D eigenvalue weighted by Crippen LogP contribution is 2.31. The third kappa shape index (κ3) is 3.88. The zero-order chi connectivity index (χ0) is 25.9. The Kier molecular flexibility index (Phi) is 5.92. The quantitative estimate of drug-likeness (QED) is 0.364. The van der Waals surface area contributed by atoms with Gasteiger partial charge in [0.25, 0.3) is 5.56 Å². The van der Waals surface area contributed by atoms with Gasteiger partial charge in [0.1, 0.15) is 11.1 Å². The van der Waals surface area contributed by atoms with E-state index >= 15 is 0 Å². The highest BCUT2D eigenvalue weighted by atomic mass is 35.5. The number of aliphatic hydroxyl groups excluding tert-OH is 1. The molecule has 1 atom stereocenters. The van der Waals surface area contributed by atoms with Crippen LogP contribution in [0.3, 0.4) is 0 Å². The van der Waals surface area contributed by atoms with Gasteiger partial charge in [0.15, 0.2) is 5.65 Å². The fourth-order valence-electron chi connectivity index (χ4n) is 4.76. The third-order valence-corrected chi connectivity index (χ3v) is 6.81. The molecule has 5 rings (SSSR count). The Balaban J connectivity index is 1.85. The number of halogens is 1. The molecule has 0 radical (unpaired) electrons. The molecule has 5 aromatic rings. The molecule has 0 bridgehead atoms. The molecule has 0 amide bonds. The highest BCUT2D eigenvalue weighted by molar-refractivity contribution is 6.31. The Hall–Kier alpha value is -3.56. The van der Waals surface area contributed by atoms with Crippen LogP contribution in [0.25, 0.3) is 33.3 Å². The highest BCUT2D eigenvalue weighted by Gasteiger charge is 2.25. The summed E-state index contributed by atoms with van der Waals surface area (Å²) in [5.74, 6) is 0.171. The van der Waals surface area contributed by atoms with Crippen LogP contribution in [0.5, 0.6) is 0 Å². The van der Waals surface area contributed by atoms with E-state index < -0.39 is 17.4 Å². The van der Waals surface area contributed by atoms with Crippen molar-refractivity contribution in [3.05, 3.63) is 73.6 Å². The second-order valence-corrected chi connectivity index (χ2v) is 10.2. The normalized spacial score (nSPS) is 12.9. The van der Waals surface area contributed by atoms with Crippen LogP contribution in [0.1, 0.15) is 38.0 Å². The van der Waals surface area contributed by atoms with Gasteiger partial charge in [0, 0.05) is 49.0 Å². The first-order chi connectivity index (χ1) is 17.1. The zero-order valence-corrected chi connectivity index (χ0v) is 21.7. The summed E-state index contributed by atoms with van der Waals surface area (Å²) in [6, 6.07) is 7.51. The number of nitrogens with one attached hydrogen (secondary N) is 1. The SMILES string of the molecule is CC(C)Cn1c(=O)n(C)c(=O)c2c(-c3cc(C(C)O)cn3C)n(Cc3c[nH]c4ccc(Cl)cc34)nc21. The molecule has 0 saturated carbocycles. The number of hydrogen-bond donors (Lipinski definition) is 2. The van der Waals surface area contributed by atoms with E-state index in [1.165, 1.54) is 7.05 Å². The van der Waals surface area contributed by atoms with Gasteiger partial charge in [-0.3, -0.25) is 18.6 Å². The van der Waals surface area contributed by atoms with Gasteiger partial charge in [-0.05, 0) is 48.2 Å². The van der Waals surface area contributed by atoms with Gasteiger partial charge < -0.3 is 14.7 Å². The number of aryl methyl sites for hydroxylation is 1. The van der Waals surface area contributed by atoms with Crippen molar-refractivity contribution in [1.82, 2.24) is 28.5 Å². The van der Waals surface area contributed by atoms with Crippen LogP contribution in [0.2, 0.25) is 5.02 Å². The second kappa shape index (κ2) is 8.83. The molecule has 0 spiro atoms. The van der Waals surface area contributed by atoms with Crippen LogP contribution >= 0.6 is 11.6 Å². The number of H-pyrrole nitrogens is 1. The van der Waals surface area contributed by atoms with Crippen LogP contribution in [0.4, 0.5) is 0 Å². The fraction of sp³-hybridized carbons (Fsp3) is 0.346. The minimum absolute atomic E-state index is 0.171. The maximum absolute atomic E-state index is 13.5. The topological polar surface area (TPSA) is 103 Å². The van der Waals surface area contributed by atoms with Gasteiger partial charge >= 0.3 is 5.69 Å². The minimum atomic E-state index is -0.676. The van der Waals surface area contributed by atoms with Crippen molar-refractivity contribution in [2.75, 3.05) is 0 Å².